The number of anilines is 3. The van der Waals surface area contributed by atoms with Crippen molar-refractivity contribution in [2.45, 2.75) is 12.0 Å². The summed E-state index contributed by atoms with van der Waals surface area (Å²) >= 11 is 0. The van der Waals surface area contributed by atoms with Crippen molar-refractivity contribution in [3.8, 4) is 0 Å². The first-order valence-corrected chi connectivity index (χ1v) is 6.20. The summed E-state index contributed by atoms with van der Waals surface area (Å²) in [5, 5.41) is 5.94. The molecule has 0 saturated carbocycles. The molecule has 2 aromatic rings. The average molecular weight is 294 g/mol. The van der Waals surface area contributed by atoms with Crippen molar-refractivity contribution in [2.75, 3.05) is 16.4 Å². The van der Waals surface area contributed by atoms with E-state index in [1.807, 2.05) is 0 Å². The van der Waals surface area contributed by atoms with E-state index < -0.39 is 17.5 Å². The van der Waals surface area contributed by atoms with Gasteiger partial charge in [0.15, 0.2) is 5.79 Å². The zero-order chi connectivity index (χ0) is 15.3. The summed E-state index contributed by atoms with van der Waals surface area (Å²) in [5.74, 6) is -1.31. The molecule has 1 atom stereocenters. The molecular weight excluding hydrogens is 281 g/mol. The van der Waals surface area contributed by atoms with Crippen molar-refractivity contribution < 1.29 is 13.2 Å². The number of hydrogen-bond donors (Lipinski definition) is 4. The first-order valence-electron chi connectivity index (χ1n) is 6.20. The lowest BCUT2D eigenvalue weighted by molar-refractivity contribution is -0.137. The number of halogens is 3. The van der Waals surface area contributed by atoms with E-state index in [9.17, 15) is 13.2 Å². The normalized spacial score (nSPS) is 20.6. The van der Waals surface area contributed by atoms with Crippen LogP contribution in [0, 0.1) is 0 Å². The summed E-state index contributed by atoms with van der Waals surface area (Å²) in [5.41, 5.74) is 13.3. The summed E-state index contributed by atoms with van der Waals surface area (Å²) in [7, 11) is 0. The summed E-state index contributed by atoms with van der Waals surface area (Å²) < 4.78 is 38.4. The zero-order valence-electron chi connectivity index (χ0n) is 10.8. The Morgan fingerprint density at radius 1 is 0.952 bits per heavy atom. The van der Waals surface area contributed by atoms with Crippen molar-refractivity contribution in [3.63, 3.8) is 0 Å². The predicted octanol–water partition coefficient (Wildman–Crippen LogP) is 2.89. The largest absolute Gasteiger partial charge is 0.416 e. The quantitative estimate of drug-likeness (QED) is 0.610. The van der Waals surface area contributed by atoms with Gasteiger partial charge in [-0.15, -0.1) is 0 Å². The fourth-order valence-corrected chi connectivity index (χ4v) is 2.32. The van der Waals surface area contributed by atoms with Crippen molar-refractivity contribution in [2.24, 2.45) is 5.73 Å². The van der Waals surface area contributed by atoms with E-state index in [-0.39, 0.29) is 5.56 Å². The van der Waals surface area contributed by atoms with E-state index in [0.717, 1.165) is 12.1 Å². The van der Waals surface area contributed by atoms with Gasteiger partial charge in [0.05, 0.1) is 16.9 Å². The summed E-state index contributed by atoms with van der Waals surface area (Å²) in [6, 6.07) is 9.97. The Bertz CT molecular complexity index is 699. The molecule has 110 valence electrons. The van der Waals surface area contributed by atoms with E-state index in [1.54, 1.807) is 18.2 Å². The number of alkyl halides is 3. The van der Waals surface area contributed by atoms with Crippen molar-refractivity contribution in [3.05, 3.63) is 53.6 Å². The molecule has 7 heteroatoms. The molecule has 21 heavy (non-hydrogen) atoms. The van der Waals surface area contributed by atoms with Gasteiger partial charge in [-0.1, -0.05) is 12.1 Å². The van der Waals surface area contributed by atoms with Crippen LogP contribution in [0.1, 0.15) is 11.1 Å². The Morgan fingerprint density at radius 2 is 1.67 bits per heavy atom. The lowest BCUT2D eigenvalue weighted by Gasteiger charge is -2.27. The topological polar surface area (TPSA) is 76.1 Å². The van der Waals surface area contributed by atoms with Gasteiger partial charge in [-0.05, 0) is 30.3 Å². The molecule has 3 rings (SSSR count). The van der Waals surface area contributed by atoms with Crippen molar-refractivity contribution >= 4 is 17.1 Å². The molecule has 0 aromatic heterocycles. The van der Waals surface area contributed by atoms with Gasteiger partial charge in [-0.3, -0.25) is 5.73 Å². The molecule has 1 unspecified atom stereocenters. The van der Waals surface area contributed by atoms with Crippen molar-refractivity contribution in [1.82, 2.24) is 0 Å². The predicted molar refractivity (Wildman–Crippen MR) is 75.4 cm³/mol. The van der Waals surface area contributed by atoms with Gasteiger partial charge >= 0.3 is 6.18 Å². The van der Waals surface area contributed by atoms with Gasteiger partial charge in [0.1, 0.15) is 0 Å². The Kier molecular flexibility index (Phi) is 2.77. The van der Waals surface area contributed by atoms with E-state index in [0.29, 0.717) is 17.1 Å². The van der Waals surface area contributed by atoms with Crippen LogP contribution in [0.3, 0.4) is 0 Å². The second-order valence-electron chi connectivity index (χ2n) is 4.94. The smallest absolute Gasteiger partial charge is 0.399 e. The third-order valence-corrected chi connectivity index (χ3v) is 3.35. The Hall–Kier alpha value is -2.41. The molecule has 1 aliphatic heterocycles. The van der Waals surface area contributed by atoms with E-state index in [2.05, 4.69) is 10.6 Å². The minimum absolute atomic E-state index is 0.284. The number of hydrogen-bond acceptors (Lipinski definition) is 4. The lowest BCUT2D eigenvalue weighted by Crippen LogP contribution is -2.47. The Morgan fingerprint density at radius 3 is 2.38 bits per heavy atom. The van der Waals surface area contributed by atoms with E-state index in [4.69, 9.17) is 11.5 Å². The average Bonchev–Trinajstić information content (AvgIpc) is 2.75. The van der Waals surface area contributed by atoms with Gasteiger partial charge in [0, 0.05) is 11.3 Å². The number of fused-ring (bicyclic) bond motifs is 1. The number of nitrogen functional groups attached to an aromatic ring is 1. The molecule has 0 aliphatic carbocycles. The highest BCUT2D eigenvalue weighted by Crippen LogP contribution is 2.39. The first-order chi connectivity index (χ1) is 9.78. The molecule has 0 bridgehead atoms. The summed E-state index contributed by atoms with van der Waals surface area (Å²) in [6.45, 7) is 0. The van der Waals surface area contributed by atoms with Gasteiger partial charge in [-0.25, -0.2) is 0 Å². The highest BCUT2D eigenvalue weighted by molar-refractivity contribution is 5.79. The molecule has 0 fully saturated rings. The standard InChI is InChI=1S/C14H13F3N4/c15-13(16,17)8-2-1-3-9(6-8)14(19)20-11-5-4-10(18)7-12(11)21-14/h1-7,20-21H,18-19H2. The minimum atomic E-state index is -4.41. The Labute approximate surface area is 118 Å². The molecule has 1 heterocycles. The zero-order valence-corrected chi connectivity index (χ0v) is 10.8. The van der Waals surface area contributed by atoms with Crippen LogP contribution in [0.25, 0.3) is 0 Å². The van der Waals surface area contributed by atoms with Gasteiger partial charge in [0.25, 0.3) is 0 Å². The van der Waals surface area contributed by atoms with Crippen LogP contribution in [-0.2, 0) is 12.0 Å². The van der Waals surface area contributed by atoms with Crippen LogP contribution < -0.4 is 22.1 Å². The fraction of sp³-hybridized carbons (Fsp3) is 0.143. The van der Waals surface area contributed by atoms with Crippen LogP contribution >= 0.6 is 0 Å². The molecule has 0 radical (unpaired) electrons. The molecular formula is C14H13F3N4. The SMILES string of the molecule is Nc1ccc2c(c1)NC(N)(c1cccc(C(F)(F)F)c1)N2. The van der Waals surface area contributed by atoms with Gasteiger partial charge in [-0.2, -0.15) is 13.2 Å². The van der Waals surface area contributed by atoms with E-state index >= 15 is 0 Å². The number of nitrogens with two attached hydrogens (primary N) is 2. The van der Waals surface area contributed by atoms with Crippen LogP contribution in [0.4, 0.5) is 30.2 Å². The van der Waals surface area contributed by atoms with Crippen LogP contribution in [0.2, 0.25) is 0 Å². The maximum atomic E-state index is 12.8. The summed E-state index contributed by atoms with van der Waals surface area (Å²) in [6.07, 6.45) is -4.41. The lowest BCUT2D eigenvalue weighted by atomic mass is 10.0. The van der Waals surface area contributed by atoms with Gasteiger partial charge < -0.3 is 16.4 Å². The van der Waals surface area contributed by atoms with Crippen LogP contribution in [0.5, 0.6) is 0 Å². The molecule has 2 aromatic carbocycles. The second-order valence-corrected chi connectivity index (χ2v) is 4.94. The fourth-order valence-electron chi connectivity index (χ4n) is 2.32. The van der Waals surface area contributed by atoms with Crippen molar-refractivity contribution in [1.29, 1.82) is 0 Å². The highest BCUT2D eigenvalue weighted by atomic mass is 19.4. The number of benzene rings is 2. The Balaban J connectivity index is 1.99. The number of rotatable bonds is 1. The minimum Gasteiger partial charge on any atom is -0.399 e. The third-order valence-electron chi connectivity index (χ3n) is 3.35. The molecule has 6 N–H and O–H groups in total. The van der Waals surface area contributed by atoms with Gasteiger partial charge in [0.2, 0.25) is 0 Å². The monoisotopic (exact) mass is 294 g/mol. The first kappa shape index (κ1) is 13.6. The maximum Gasteiger partial charge on any atom is 0.416 e. The van der Waals surface area contributed by atoms with Crippen LogP contribution in [0.15, 0.2) is 42.5 Å². The van der Waals surface area contributed by atoms with Crippen LogP contribution in [-0.4, -0.2) is 0 Å². The molecule has 4 nitrogen and oxygen atoms in total. The second kappa shape index (κ2) is 4.29. The highest BCUT2D eigenvalue weighted by Gasteiger charge is 2.37. The molecule has 0 saturated heterocycles. The van der Waals surface area contributed by atoms with E-state index in [1.165, 1.54) is 12.1 Å². The molecule has 0 amide bonds. The molecule has 0 spiro atoms. The molecule has 1 aliphatic rings. The maximum absolute atomic E-state index is 12.8. The third kappa shape index (κ3) is 2.36. The summed E-state index contributed by atoms with van der Waals surface area (Å²) in [4.78, 5) is 0. The number of nitrogens with one attached hydrogen (secondary N) is 2.